The van der Waals surface area contributed by atoms with E-state index in [4.69, 9.17) is 4.74 Å². The molecule has 1 spiro atoms. The topological polar surface area (TPSA) is 82.1 Å². The van der Waals surface area contributed by atoms with Crippen molar-refractivity contribution in [3.63, 3.8) is 0 Å². The van der Waals surface area contributed by atoms with Crippen LogP contribution in [0.1, 0.15) is 58.9 Å². The second kappa shape index (κ2) is 9.66. The first-order valence-corrected chi connectivity index (χ1v) is 12.1. The standard InChI is InChI=1S/C27H35N3O4/c1-18(2)34-25-15-21(5-10-24(25)32)17-29-14-13-27(16-19(29)3)12-11-26(33)30(27)23-8-6-22(7-9-23)28-20(4)31/h5-10,15,18-19,32H,11-14,16-17H2,1-4H3,(H,28,31)/t19-,27+/m0/s1. The number of phenols is 1. The van der Waals surface area contributed by atoms with Crippen LogP contribution in [0.4, 0.5) is 11.4 Å². The van der Waals surface area contributed by atoms with Crippen molar-refractivity contribution < 1.29 is 19.4 Å². The molecule has 182 valence electrons. The second-order valence-electron chi connectivity index (χ2n) is 9.92. The Hall–Kier alpha value is -3.06. The summed E-state index contributed by atoms with van der Waals surface area (Å²) in [5, 5.41) is 12.9. The summed E-state index contributed by atoms with van der Waals surface area (Å²) in [5.41, 5.74) is 2.55. The monoisotopic (exact) mass is 465 g/mol. The lowest BCUT2D eigenvalue weighted by Gasteiger charge is -2.48. The van der Waals surface area contributed by atoms with Crippen LogP contribution in [-0.2, 0) is 16.1 Å². The van der Waals surface area contributed by atoms with Gasteiger partial charge in [0.25, 0.3) is 0 Å². The van der Waals surface area contributed by atoms with E-state index >= 15 is 0 Å². The molecule has 7 heteroatoms. The minimum Gasteiger partial charge on any atom is -0.504 e. The summed E-state index contributed by atoms with van der Waals surface area (Å²) in [5.74, 6) is 0.734. The average molecular weight is 466 g/mol. The van der Waals surface area contributed by atoms with Gasteiger partial charge in [-0.25, -0.2) is 0 Å². The van der Waals surface area contributed by atoms with E-state index in [2.05, 4.69) is 17.1 Å². The summed E-state index contributed by atoms with van der Waals surface area (Å²) in [6, 6.07) is 13.4. The molecule has 2 heterocycles. The van der Waals surface area contributed by atoms with Gasteiger partial charge >= 0.3 is 0 Å². The zero-order chi connectivity index (χ0) is 24.5. The molecule has 0 radical (unpaired) electrons. The van der Waals surface area contributed by atoms with Crippen molar-refractivity contribution in [3.05, 3.63) is 48.0 Å². The van der Waals surface area contributed by atoms with Gasteiger partial charge in [0.1, 0.15) is 0 Å². The zero-order valence-corrected chi connectivity index (χ0v) is 20.5. The van der Waals surface area contributed by atoms with Gasteiger partial charge in [-0.15, -0.1) is 0 Å². The van der Waals surface area contributed by atoms with E-state index in [-0.39, 0.29) is 29.2 Å². The highest BCUT2D eigenvalue weighted by molar-refractivity contribution is 5.98. The summed E-state index contributed by atoms with van der Waals surface area (Å²) in [4.78, 5) is 28.7. The van der Waals surface area contributed by atoms with Crippen LogP contribution in [0.3, 0.4) is 0 Å². The van der Waals surface area contributed by atoms with Gasteiger partial charge in [0.15, 0.2) is 11.5 Å². The summed E-state index contributed by atoms with van der Waals surface area (Å²) in [7, 11) is 0. The third-order valence-electron chi connectivity index (χ3n) is 6.91. The predicted molar refractivity (Wildman–Crippen MR) is 133 cm³/mol. The Labute approximate surface area is 201 Å². The number of benzene rings is 2. The summed E-state index contributed by atoms with van der Waals surface area (Å²) >= 11 is 0. The Kier molecular flexibility index (Phi) is 6.84. The van der Waals surface area contributed by atoms with Crippen LogP contribution in [0.15, 0.2) is 42.5 Å². The van der Waals surface area contributed by atoms with Gasteiger partial charge in [-0.3, -0.25) is 14.5 Å². The number of carbonyl (C=O) groups is 2. The molecule has 7 nitrogen and oxygen atoms in total. The average Bonchev–Trinajstić information content (AvgIpc) is 3.08. The molecule has 2 amide bonds. The van der Waals surface area contributed by atoms with Crippen molar-refractivity contribution in [3.8, 4) is 11.5 Å². The molecule has 2 N–H and O–H groups in total. The first kappa shape index (κ1) is 24.1. The number of phenolic OH excluding ortho intramolecular Hbond substituents is 1. The molecule has 2 fully saturated rings. The molecular formula is C27H35N3O4. The number of amides is 2. The molecule has 2 aliphatic rings. The van der Waals surface area contributed by atoms with Gasteiger partial charge in [-0.1, -0.05) is 6.07 Å². The highest BCUT2D eigenvalue weighted by Gasteiger charge is 2.49. The molecule has 0 aliphatic carbocycles. The van der Waals surface area contributed by atoms with E-state index < -0.39 is 0 Å². The van der Waals surface area contributed by atoms with Crippen LogP contribution < -0.4 is 15.0 Å². The van der Waals surface area contributed by atoms with Crippen molar-refractivity contribution in [2.75, 3.05) is 16.8 Å². The Morgan fingerprint density at radius 1 is 1.21 bits per heavy atom. The molecule has 2 atom stereocenters. The van der Waals surface area contributed by atoms with Crippen LogP contribution in [0, 0.1) is 0 Å². The molecule has 0 saturated carbocycles. The van der Waals surface area contributed by atoms with E-state index in [0.717, 1.165) is 49.3 Å². The zero-order valence-electron chi connectivity index (χ0n) is 20.5. The van der Waals surface area contributed by atoms with Crippen molar-refractivity contribution in [2.24, 2.45) is 0 Å². The Bertz CT molecular complexity index is 1050. The van der Waals surface area contributed by atoms with Gasteiger partial charge in [0.2, 0.25) is 11.8 Å². The molecule has 0 bridgehead atoms. The van der Waals surface area contributed by atoms with Crippen molar-refractivity contribution >= 4 is 23.2 Å². The Balaban J connectivity index is 1.48. The highest BCUT2D eigenvalue weighted by Crippen LogP contribution is 2.44. The van der Waals surface area contributed by atoms with Crippen LogP contribution in [0.25, 0.3) is 0 Å². The van der Waals surface area contributed by atoms with Gasteiger partial charge in [-0.2, -0.15) is 0 Å². The Morgan fingerprint density at radius 2 is 1.94 bits per heavy atom. The maximum Gasteiger partial charge on any atom is 0.227 e. The van der Waals surface area contributed by atoms with E-state index in [1.807, 2.05) is 55.1 Å². The molecule has 2 aliphatic heterocycles. The van der Waals surface area contributed by atoms with Crippen molar-refractivity contribution in [1.82, 2.24) is 4.90 Å². The first-order chi connectivity index (χ1) is 16.2. The van der Waals surface area contributed by atoms with Gasteiger partial charge in [0, 0.05) is 43.9 Å². The first-order valence-electron chi connectivity index (χ1n) is 12.1. The normalized spacial score (nSPS) is 23.0. The number of nitrogens with one attached hydrogen (secondary N) is 1. The Morgan fingerprint density at radius 3 is 2.59 bits per heavy atom. The SMILES string of the molecule is CC(=O)Nc1ccc(N2C(=O)CC[C@]23CCN(Cc2ccc(O)c(OC(C)C)c2)[C@@H](C)C3)cc1. The maximum absolute atomic E-state index is 13.0. The minimum absolute atomic E-state index is 0.00638. The molecule has 2 saturated heterocycles. The number of hydrogen-bond donors (Lipinski definition) is 2. The van der Waals surface area contributed by atoms with E-state index in [1.54, 1.807) is 6.07 Å². The third kappa shape index (κ3) is 5.04. The fourth-order valence-electron chi connectivity index (χ4n) is 5.40. The molecule has 4 rings (SSSR count). The number of rotatable bonds is 6. The fraction of sp³-hybridized carbons (Fsp3) is 0.481. The number of carbonyl (C=O) groups excluding carboxylic acids is 2. The van der Waals surface area contributed by atoms with Crippen molar-refractivity contribution in [2.45, 2.75) is 77.6 Å². The van der Waals surface area contributed by atoms with E-state index in [0.29, 0.717) is 18.2 Å². The van der Waals surface area contributed by atoms with Crippen LogP contribution in [0.2, 0.25) is 0 Å². The number of piperidine rings is 1. The molecule has 0 unspecified atom stereocenters. The lowest BCUT2D eigenvalue weighted by Crippen LogP contribution is -2.56. The van der Waals surface area contributed by atoms with E-state index in [1.165, 1.54) is 6.92 Å². The summed E-state index contributed by atoms with van der Waals surface area (Å²) < 4.78 is 5.75. The van der Waals surface area contributed by atoms with Crippen molar-refractivity contribution in [1.29, 1.82) is 0 Å². The van der Waals surface area contributed by atoms with Gasteiger partial charge in [0.05, 0.1) is 11.6 Å². The second-order valence-corrected chi connectivity index (χ2v) is 9.92. The molecule has 2 aromatic carbocycles. The largest absolute Gasteiger partial charge is 0.504 e. The quantitative estimate of drug-likeness (QED) is 0.647. The smallest absolute Gasteiger partial charge is 0.227 e. The van der Waals surface area contributed by atoms with Crippen LogP contribution in [0.5, 0.6) is 11.5 Å². The van der Waals surface area contributed by atoms with Gasteiger partial charge < -0.3 is 20.1 Å². The van der Waals surface area contributed by atoms with Crippen LogP contribution >= 0.6 is 0 Å². The van der Waals surface area contributed by atoms with Crippen LogP contribution in [-0.4, -0.2) is 46.1 Å². The number of aromatic hydroxyl groups is 1. The maximum atomic E-state index is 13.0. The van der Waals surface area contributed by atoms with E-state index in [9.17, 15) is 14.7 Å². The molecule has 34 heavy (non-hydrogen) atoms. The van der Waals surface area contributed by atoms with Gasteiger partial charge in [-0.05, 0) is 82.0 Å². The number of ether oxygens (including phenoxy) is 1. The molecule has 0 aromatic heterocycles. The fourth-order valence-corrected chi connectivity index (χ4v) is 5.40. The number of anilines is 2. The summed E-state index contributed by atoms with van der Waals surface area (Å²) in [6.45, 7) is 9.26. The number of nitrogens with zero attached hydrogens (tertiary/aromatic N) is 2. The lowest BCUT2D eigenvalue weighted by atomic mass is 9.81. The number of likely N-dealkylation sites (tertiary alicyclic amines) is 1. The number of hydrogen-bond acceptors (Lipinski definition) is 5. The predicted octanol–water partition coefficient (Wildman–Crippen LogP) is 4.69. The third-order valence-corrected chi connectivity index (χ3v) is 6.91. The lowest BCUT2D eigenvalue weighted by molar-refractivity contribution is -0.117. The minimum atomic E-state index is -0.177. The molecule has 2 aromatic rings. The highest BCUT2D eigenvalue weighted by atomic mass is 16.5. The summed E-state index contributed by atoms with van der Waals surface area (Å²) in [6.07, 6.45) is 3.23. The molecular weight excluding hydrogens is 430 g/mol.